The van der Waals surface area contributed by atoms with E-state index in [1.807, 2.05) is 11.8 Å². The molecule has 0 bridgehead atoms. The molecule has 3 heteroatoms. The molecule has 2 nitrogen and oxygen atoms in total. The number of thioether (sulfide) groups is 1. The molecule has 1 aromatic carbocycles. The van der Waals surface area contributed by atoms with Gasteiger partial charge in [0, 0.05) is 30.9 Å². The van der Waals surface area contributed by atoms with Crippen molar-refractivity contribution in [1.82, 2.24) is 5.32 Å². The summed E-state index contributed by atoms with van der Waals surface area (Å²) in [5.74, 6) is 1.83. The van der Waals surface area contributed by atoms with Crippen LogP contribution in [-0.4, -0.2) is 26.0 Å². The quantitative estimate of drug-likeness (QED) is 0.546. The van der Waals surface area contributed by atoms with E-state index in [1.54, 1.807) is 7.11 Å². The van der Waals surface area contributed by atoms with Crippen molar-refractivity contribution < 1.29 is 4.74 Å². The Kier molecular flexibility index (Phi) is 8.14. The van der Waals surface area contributed by atoms with E-state index in [0.29, 0.717) is 5.92 Å². The minimum absolute atomic E-state index is 0.709. The van der Waals surface area contributed by atoms with E-state index in [1.165, 1.54) is 10.5 Å². The lowest BCUT2D eigenvalue weighted by Gasteiger charge is -2.08. The van der Waals surface area contributed by atoms with Crippen molar-refractivity contribution in [2.45, 2.75) is 31.7 Å². The van der Waals surface area contributed by atoms with Gasteiger partial charge in [0.1, 0.15) is 0 Å². The van der Waals surface area contributed by atoms with Gasteiger partial charge in [-0.25, -0.2) is 0 Å². The SMILES string of the molecule is COCCCSc1ccc(CNCC(C)C)cc1. The minimum atomic E-state index is 0.709. The van der Waals surface area contributed by atoms with Gasteiger partial charge in [0.15, 0.2) is 0 Å². The molecule has 0 saturated heterocycles. The largest absolute Gasteiger partial charge is 0.385 e. The Morgan fingerprint density at radius 2 is 1.94 bits per heavy atom. The summed E-state index contributed by atoms with van der Waals surface area (Å²) in [6.45, 7) is 7.35. The van der Waals surface area contributed by atoms with Crippen molar-refractivity contribution in [1.29, 1.82) is 0 Å². The van der Waals surface area contributed by atoms with Crippen LogP contribution in [0.3, 0.4) is 0 Å². The van der Waals surface area contributed by atoms with Gasteiger partial charge in [0.05, 0.1) is 0 Å². The first-order chi connectivity index (χ1) is 8.72. The third kappa shape index (κ3) is 7.04. The van der Waals surface area contributed by atoms with Gasteiger partial charge in [-0.1, -0.05) is 26.0 Å². The van der Waals surface area contributed by atoms with E-state index in [9.17, 15) is 0 Å². The van der Waals surface area contributed by atoms with E-state index < -0.39 is 0 Å². The van der Waals surface area contributed by atoms with Gasteiger partial charge in [0.2, 0.25) is 0 Å². The van der Waals surface area contributed by atoms with E-state index in [0.717, 1.165) is 31.9 Å². The van der Waals surface area contributed by atoms with Gasteiger partial charge in [-0.15, -0.1) is 11.8 Å². The maximum Gasteiger partial charge on any atom is 0.0470 e. The summed E-state index contributed by atoms with van der Waals surface area (Å²) in [4.78, 5) is 1.35. The van der Waals surface area contributed by atoms with Gasteiger partial charge >= 0.3 is 0 Å². The number of hydrogen-bond donors (Lipinski definition) is 1. The molecule has 0 unspecified atom stereocenters. The average Bonchev–Trinajstić information content (AvgIpc) is 2.36. The fourth-order valence-electron chi connectivity index (χ4n) is 1.60. The lowest BCUT2D eigenvalue weighted by atomic mass is 10.2. The number of rotatable bonds is 9. The molecule has 0 fully saturated rings. The zero-order valence-electron chi connectivity index (χ0n) is 11.7. The predicted octanol–water partition coefficient (Wildman–Crippen LogP) is 3.56. The van der Waals surface area contributed by atoms with Crippen LogP contribution in [0.15, 0.2) is 29.2 Å². The Hall–Kier alpha value is -0.510. The van der Waals surface area contributed by atoms with E-state index in [-0.39, 0.29) is 0 Å². The van der Waals surface area contributed by atoms with Crippen LogP contribution in [0.2, 0.25) is 0 Å². The highest BCUT2D eigenvalue weighted by Crippen LogP contribution is 2.19. The maximum atomic E-state index is 5.04. The molecular weight excluding hydrogens is 242 g/mol. The summed E-state index contributed by atoms with van der Waals surface area (Å²) >= 11 is 1.90. The first-order valence-corrected chi connectivity index (χ1v) is 7.62. The third-order valence-electron chi connectivity index (χ3n) is 2.57. The first kappa shape index (κ1) is 15.5. The molecule has 18 heavy (non-hydrogen) atoms. The van der Waals surface area contributed by atoms with Gasteiger partial charge in [0.25, 0.3) is 0 Å². The summed E-state index contributed by atoms with van der Waals surface area (Å²) in [5.41, 5.74) is 1.36. The number of methoxy groups -OCH3 is 1. The highest BCUT2D eigenvalue weighted by molar-refractivity contribution is 7.99. The van der Waals surface area contributed by atoms with Gasteiger partial charge in [-0.05, 0) is 36.6 Å². The third-order valence-corrected chi connectivity index (χ3v) is 3.66. The number of nitrogens with one attached hydrogen (secondary N) is 1. The normalized spacial score (nSPS) is 11.1. The van der Waals surface area contributed by atoms with Crippen LogP contribution in [0.25, 0.3) is 0 Å². The second-order valence-corrected chi connectivity index (χ2v) is 6.03. The van der Waals surface area contributed by atoms with Crippen LogP contribution >= 0.6 is 11.8 Å². The molecule has 1 N–H and O–H groups in total. The van der Waals surface area contributed by atoms with Crippen molar-refractivity contribution in [2.24, 2.45) is 5.92 Å². The van der Waals surface area contributed by atoms with Crippen molar-refractivity contribution in [3.8, 4) is 0 Å². The predicted molar refractivity (Wildman–Crippen MR) is 80.2 cm³/mol. The molecule has 0 aliphatic rings. The van der Waals surface area contributed by atoms with E-state index in [4.69, 9.17) is 4.74 Å². The summed E-state index contributed by atoms with van der Waals surface area (Å²) in [6.07, 6.45) is 1.11. The van der Waals surface area contributed by atoms with E-state index in [2.05, 4.69) is 43.4 Å². The highest BCUT2D eigenvalue weighted by Gasteiger charge is 1.97. The van der Waals surface area contributed by atoms with Crippen LogP contribution in [-0.2, 0) is 11.3 Å². The van der Waals surface area contributed by atoms with Crippen molar-refractivity contribution in [3.63, 3.8) is 0 Å². The second kappa shape index (κ2) is 9.42. The van der Waals surface area contributed by atoms with Crippen molar-refractivity contribution in [3.05, 3.63) is 29.8 Å². The van der Waals surface area contributed by atoms with Gasteiger partial charge < -0.3 is 10.1 Å². The lowest BCUT2D eigenvalue weighted by molar-refractivity contribution is 0.200. The monoisotopic (exact) mass is 267 g/mol. The van der Waals surface area contributed by atoms with Crippen LogP contribution < -0.4 is 5.32 Å². The van der Waals surface area contributed by atoms with Crippen LogP contribution in [0.5, 0.6) is 0 Å². The van der Waals surface area contributed by atoms with E-state index >= 15 is 0 Å². The fourth-order valence-corrected chi connectivity index (χ4v) is 2.43. The molecule has 1 aromatic rings. The summed E-state index contributed by atoms with van der Waals surface area (Å²) < 4.78 is 5.04. The van der Waals surface area contributed by atoms with Crippen LogP contribution in [0.1, 0.15) is 25.8 Å². The Bertz CT molecular complexity index is 311. The highest BCUT2D eigenvalue weighted by atomic mass is 32.2. The Morgan fingerprint density at radius 1 is 1.22 bits per heavy atom. The zero-order chi connectivity index (χ0) is 13.2. The second-order valence-electron chi connectivity index (χ2n) is 4.86. The summed E-state index contributed by atoms with van der Waals surface area (Å²) in [5, 5.41) is 3.46. The Balaban J connectivity index is 2.24. The van der Waals surface area contributed by atoms with Gasteiger partial charge in [-0.3, -0.25) is 0 Å². The molecule has 0 aromatic heterocycles. The molecule has 0 saturated carbocycles. The Labute approximate surface area is 116 Å². The molecule has 0 spiro atoms. The molecule has 0 aliphatic carbocycles. The molecule has 0 radical (unpaired) electrons. The summed E-state index contributed by atoms with van der Waals surface area (Å²) in [6, 6.07) is 8.85. The molecule has 0 atom stereocenters. The smallest absolute Gasteiger partial charge is 0.0470 e. The molecule has 102 valence electrons. The van der Waals surface area contributed by atoms with Crippen LogP contribution in [0.4, 0.5) is 0 Å². The fraction of sp³-hybridized carbons (Fsp3) is 0.600. The molecule has 0 aliphatic heterocycles. The van der Waals surface area contributed by atoms with Crippen LogP contribution in [0, 0.1) is 5.92 Å². The number of hydrogen-bond acceptors (Lipinski definition) is 3. The molecule has 1 rings (SSSR count). The number of ether oxygens (including phenoxy) is 1. The molecule has 0 heterocycles. The van der Waals surface area contributed by atoms with Crippen molar-refractivity contribution in [2.75, 3.05) is 26.0 Å². The molecule has 0 amide bonds. The Morgan fingerprint density at radius 3 is 2.56 bits per heavy atom. The topological polar surface area (TPSA) is 21.3 Å². The average molecular weight is 267 g/mol. The lowest BCUT2D eigenvalue weighted by Crippen LogP contribution is -2.18. The minimum Gasteiger partial charge on any atom is -0.385 e. The van der Waals surface area contributed by atoms with Gasteiger partial charge in [-0.2, -0.15) is 0 Å². The summed E-state index contributed by atoms with van der Waals surface area (Å²) in [7, 11) is 1.75. The standard InChI is InChI=1S/C15H25NOS/c1-13(2)11-16-12-14-5-7-15(8-6-14)18-10-4-9-17-3/h5-8,13,16H,4,9-12H2,1-3H3. The molecular formula is C15H25NOS. The maximum absolute atomic E-state index is 5.04. The first-order valence-electron chi connectivity index (χ1n) is 6.63. The zero-order valence-corrected chi connectivity index (χ0v) is 12.6. The number of benzene rings is 1. The van der Waals surface area contributed by atoms with Crippen molar-refractivity contribution >= 4 is 11.8 Å².